The molecule has 4 nitrogen and oxygen atoms in total. The van der Waals surface area contributed by atoms with Gasteiger partial charge >= 0.3 is 0 Å². The average molecular weight is 347 g/mol. The number of hydrogen-bond donors (Lipinski definition) is 0. The van der Waals surface area contributed by atoms with Crippen molar-refractivity contribution in [2.24, 2.45) is 0 Å². The van der Waals surface area contributed by atoms with E-state index in [0.29, 0.717) is 0 Å². The molecular formula is C18H34O4S. The summed E-state index contributed by atoms with van der Waals surface area (Å²) in [5, 5.41) is 0. The molecule has 2 aliphatic heterocycles. The SMILES string of the molecule is CCCCCCC1OC1(C)S(=O)(=O)C1(C)OC1CCCCCC. The van der Waals surface area contributed by atoms with Crippen LogP contribution < -0.4 is 0 Å². The van der Waals surface area contributed by atoms with Crippen LogP contribution in [0.2, 0.25) is 0 Å². The Bertz CT molecular complexity index is 451. The maximum Gasteiger partial charge on any atom is 0.214 e. The molecule has 0 N–H and O–H groups in total. The molecule has 0 aliphatic carbocycles. The van der Waals surface area contributed by atoms with Gasteiger partial charge in [0.1, 0.15) is 12.2 Å². The first kappa shape index (κ1) is 19.2. The second-order valence-corrected chi connectivity index (χ2v) is 10.1. The fraction of sp³-hybridized carbons (Fsp3) is 1.00. The Morgan fingerprint density at radius 1 is 0.739 bits per heavy atom. The molecule has 5 heteroatoms. The van der Waals surface area contributed by atoms with Crippen molar-refractivity contribution in [2.75, 3.05) is 0 Å². The smallest absolute Gasteiger partial charge is 0.214 e. The van der Waals surface area contributed by atoms with Gasteiger partial charge in [-0.1, -0.05) is 65.2 Å². The number of epoxide rings is 2. The zero-order valence-corrected chi connectivity index (χ0v) is 16.1. The van der Waals surface area contributed by atoms with E-state index in [9.17, 15) is 8.42 Å². The van der Waals surface area contributed by atoms with Crippen LogP contribution in [0.15, 0.2) is 0 Å². The van der Waals surface area contributed by atoms with E-state index >= 15 is 0 Å². The molecular weight excluding hydrogens is 312 g/mol. The number of unbranched alkanes of at least 4 members (excludes halogenated alkanes) is 6. The molecule has 0 saturated carbocycles. The maximum absolute atomic E-state index is 12.9. The van der Waals surface area contributed by atoms with Gasteiger partial charge in [0.25, 0.3) is 0 Å². The van der Waals surface area contributed by atoms with Crippen LogP contribution in [0, 0.1) is 0 Å². The van der Waals surface area contributed by atoms with Gasteiger partial charge in [-0.3, -0.25) is 0 Å². The van der Waals surface area contributed by atoms with Gasteiger partial charge in [-0.15, -0.1) is 0 Å². The van der Waals surface area contributed by atoms with Crippen molar-refractivity contribution >= 4 is 9.84 Å². The van der Waals surface area contributed by atoms with Gasteiger partial charge in [0, 0.05) is 0 Å². The molecule has 136 valence electrons. The maximum atomic E-state index is 12.9. The van der Waals surface area contributed by atoms with Crippen LogP contribution >= 0.6 is 0 Å². The third-order valence-electron chi connectivity index (χ3n) is 5.51. The summed E-state index contributed by atoms with van der Waals surface area (Å²) >= 11 is 0. The Morgan fingerprint density at radius 2 is 1.13 bits per heavy atom. The van der Waals surface area contributed by atoms with Gasteiger partial charge < -0.3 is 9.47 Å². The first-order valence-electron chi connectivity index (χ1n) is 9.43. The predicted molar refractivity (Wildman–Crippen MR) is 93.0 cm³/mol. The van der Waals surface area contributed by atoms with Gasteiger partial charge in [-0.25, -0.2) is 8.42 Å². The van der Waals surface area contributed by atoms with Crippen LogP contribution in [0.4, 0.5) is 0 Å². The molecule has 0 bridgehead atoms. The normalized spacial score (nSPS) is 36.2. The van der Waals surface area contributed by atoms with Gasteiger partial charge in [-0.05, 0) is 26.7 Å². The summed E-state index contributed by atoms with van der Waals surface area (Å²) in [6, 6.07) is 0. The monoisotopic (exact) mass is 346 g/mol. The predicted octanol–water partition coefficient (Wildman–Crippen LogP) is 4.57. The Balaban J connectivity index is 1.82. The first-order valence-corrected chi connectivity index (χ1v) is 10.9. The number of rotatable bonds is 12. The molecule has 2 rings (SSSR count). The highest BCUT2D eigenvalue weighted by atomic mass is 32.2. The Hall–Kier alpha value is -0.130. The van der Waals surface area contributed by atoms with E-state index in [4.69, 9.17) is 9.47 Å². The van der Waals surface area contributed by atoms with Crippen molar-refractivity contribution in [2.45, 2.75) is 114 Å². The summed E-state index contributed by atoms with van der Waals surface area (Å²) in [5.74, 6) is 0. The summed E-state index contributed by atoms with van der Waals surface area (Å²) in [7, 11) is -3.42. The fourth-order valence-corrected chi connectivity index (χ4v) is 5.75. The summed E-state index contributed by atoms with van der Waals surface area (Å²) in [6.45, 7) is 7.81. The Kier molecular flexibility index (Phi) is 6.18. The van der Waals surface area contributed by atoms with Crippen molar-refractivity contribution in [3.05, 3.63) is 0 Å². The highest BCUT2D eigenvalue weighted by molar-refractivity contribution is 7.94. The quantitative estimate of drug-likeness (QED) is 0.383. The average Bonchev–Trinajstić information content (AvgIpc) is 3.38. The number of hydrogen-bond acceptors (Lipinski definition) is 4. The molecule has 0 aromatic rings. The van der Waals surface area contributed by atoms with E-state index in [1.165, 1.54) is 25.7 Å². The third kappa shape index (κ3) is 3.77. The molecule has 2 aliphatic rings. The van der Waals surface area contributed by atoms with E-state index in [0.717, 1.165) is 38.5 Å². The molecule has 0 spiro atoms. The Labute approximate surface area is 142 Å². The minimum atomic E-state index is -3.42. The molecule has 2 fully saturated rings. The zero-order valence-electron chi connectivity index (χ0n) is 15.3. The van der Waals surface area contributed by atoms with E-state index in [1.54, 1.807) is 13.8 Å². The van der Waals surface area contributed by atoms with Crippen LogP contribution in [0.25, 0.3) is 0 Å². The molecule has 23 heavy (non-hydrogen) atoms. The van der Waals surface area contributed by atoms with Crippen molar-refractivity contribution in [1.82, 2.24) is 0 Å². The molecule has 4 unspecified atom stereocenters. The molecule has 0 amide bonds. The number of ether oxygens (including phenoxy) is 2. The fourth-order valence-electron chi connectivity index (χ4n) is 3.53. The van der Waals surface area contributed by atoms with Crippen LogP contribution in [0.5, 0.6) is 0 Å². The van der Waals surface area contributed by atoms with Crippen LogP contribution in [0.1, 0.15) is 91.9 Å². The summed E-state index contributed by atoms with van der Waals surface area (Å²) in [5.41, 5.74) is 0. The van der Waals surface area contributed by atoms with Crippen molar-refractivity contribution in [3.8, 4) is 0 Å². The number of sulfone groups is 1. The van der Waals surface area contributed by atoms with E-state index in [-0.39, 0.29) is 12.2 Å². The summed E-state index contributed by atoms with van der Waals surface area (Å²) in [4.78, 5) is -2.04. The van der Waals surface area contributed by atoms with Crippen molar-refractivity contribution in [3.63, 3.8) is 0 Å². The topological polar surface area (TPSA) is 59.2 Å². The molecule has 2 saturated heterocycles. The molecule has 0 radical (unpaired) electrons. The standard InChI is InChI=1S/C18H34O4S/c1-5-7-9-11-13-15-17(3,21-15)23(19,20)18(4)16(22-18)14-12-10-8-6-2/h15-16H,5-14H2,1-4H3. The van der Waals surface area contributed by atoms with Crippen LogP contribution in [0.3, 0.4) is 0 Å². The highest BCUT2D eigenvalue weighted by Gasteiger charge is 2.74. The van der Waals surface area contributed by atoms with Crippen LogP contribution in [-0.4, -0.2) is 30.5 Å². The van der Waals surface area contributed by atoms with E-state index in [1.807, 2.05) is 0 Å². The highest BCUT2D eigenvalue weighted by Crippen LogP contribution is 2.56. The lowest BCUT2D eigenvalue weighted by Gasteiger charge is -2.13. The molecule has 0 aromatic heterocycles. The molecule has 2 heterocycles. The minimum Gasteiger partial charge on any atom is -0.349 e. The lowest BCUT2D eigenvalue weighted by molar-refractivity contribution is 0.324. The van der Waals surface area contributed by atoms with E-state index < -0.39 is 19.7 Å². The van der Waals surface area contributed by atoms with Crippen LogP contribution in [-0.2, 0) is 19.3 Å². The van der Waals surface area contributed by atoms with Gasteiger partial charge in [0.05, 0.1) is 0 Å². The van der Waals surface area contributed by atoms with Gasteiger partial charge in [-0.2, -0.15) is 0 Å². The van der Waals surface area contributed by atoms with E-state index in [2.05, 4.69) is 13.8 Å². The lowest BCUT2D eigenvalue weighted by Crippen LogP contribution is -2.37. The second kappa shape index (κ2) is 7.40. The first-order chi connectivity index (χ1) is 10.8. The van der Waals surface area contributed by atoms with Crippen molar-refractivity contribution < 1.29 is 17.9 Å². The molecule has 0 aromatic carbocycles. The zero-order chi connectivity index (χ0) is 17.1. The Morgan fingerprint density at radius 3 is 1.48 bits per heavy atom. The minimum absolute atomic E-state index is 0.147. The summed E-state index contributed by atoms with van der Waals surface area (Å²) < 4.78 is 37.2. The van der Waals surface area contributed by atoms with Crippen molar-refractivity contribution in [1.29, 1.82) is 0 Å². The van der Waals surface area contributed by atoms with Gasteiger partial charge in [0.15, 0.2) is 9.87 Å². The lowest BCUT2D eigenvalue weighted by atomic mass is 10.1. The third-order valence-corrected chi connectivity index (χ3v) is 8.37. The van der Waals surface area contributed by atoms with Gasteiger partial charge in [0.2, 0.25) is 9.84 Å². The largest absolute Gasteiger partial charge is 0.349 e. The summed E-state index contributed by atoms with van der Waals surface area (Å²) in [6.07, 6.45) is 10.6. The second-order valence-electron chi connectivity index (χ2n) is 7.45. The molecule has 4 atom stereocenters.